The molecule has 0 saturated carbocycles. The van der Waals surface area contributed by atoms with E-state index in [4.69, 9.17) is 17.3 Å². The zero-order valence-electron chi connectivity index (χ0n) is 10.2. The summed E-state index contributed by atoms with van der Waals surface area (Å²) in [5, 5.41) is 4.57. The average molecular weight is 309 g/mol. The molecule has 0 aliphatic rings. The summed E-state index contributed by atoms with van der Waals surface area (Å²) in [4.78, 5) is 12.5. The van der Waals surface area contributed by atoms with Crippen LogP contribution in [0.4, 0.5) is 10.1 Å². The number of nitrogens with two attached hydrogens (primary N) is 1. The first-order chi connectivity index (χ1) is 9.61. The van der Waals surface area contributed by atoms with Crippen LogP contribution in [0.15, 0.2) is 29.6 Å². The normalized spacial score (nSPS) is 9.75. The van der Waals surface area contributed by atoms with Crippen LogP contribution in [-0.2, 0) is 0 Å². The number of hydrogen-bond donors (Lipinski definition) is 2. The highest BCUT2D eigenvalue weighted by Gasteiger charge is 2.14. The van der Waals surface area contributed by atoms with Crippen LogP contribution in [0.5, 0.6) is 0 Å². The smallest absolute Gasteiger partial charge is 0.267 e. The summed E-state index contributed by atoms with van der Waals surface area (Å²) >= 11 is 7.00. The van der Waals surface area contributed by atoms with Gasteiger partial charge in [0, 0.05) is 10.6 Å². The number of anilines is 1. The van der Waals surface area contributed by atoms with E-state index in [1.807, 2.05) is 0 Å². The molecule has 1 aromatic carbocycles. The predicted octanol–water partition coefficient (Wildman–Crippen LogP) is 3.10. The molecule has 0 radical (unpaired) electrons. The molecule has 0 fully saturated rings. The SMILES string of the molecule is NCC#Cc1ccsc1C(=O)Nc1cc(Cl)ccc1F. The third kappa shape index (κ3) is 3.36. The molecule has 102 valence electrons. The summed E-state index contributed by atoms with van der Waals surface area (Å²) < 4.78 is 13.6. The van der Waals surface area contributed by atoms with Gasteiger partial charge in [-0.2, -0.15) is 0 Å². The molecule has 2 rings (SSSR count). The van der Waals surface area contributed by atoms with E-state index < -0.39 is 11.7 Å². The van der Waals surface area contributed by atoms with Gasteiger partial charge in [-0.1, -0.05) is 23.4 Å². The number of carbonyl (C=O) groups is 1. The van der Waals surface area contributed by atoms with E-state index in [2.05, 4.69) is 17.2 Å². The van der Waals surface area contributed by atoms with E-state index >= 15 is 0 Å². The molecule has 1 heterocycles. The van der Waals surface area contributed by atoms with E-state index in [-0.39, 0.29) is 12.2 Å². The highest BCUT2D eigenvalue weighted by atomic mass is 35.5. The lowest BCUT2D eigenvalue weighted by atomic mass is 10.2. The Morgan fingerprint density at radius 2 is 2.25 bits per heavy atom. The molecule has 1 aromatic heterocycles. The van der Waals surface area contributed by atoms with Gasteiger partial charge in [-0.25, -0.2) is 4.39 Å². The van der Waals surface area contributed by atoms with Crippen molar-refractivity contribution < 1.29 is 9.18 Å². The van der Waals surface area contributed by atoms with Crippen molar-refractivity contribution in [2.75, 3.05) is 11.9 Å². The minimum Gasteiger partial charge on any atom is -0.320 e. The Bertz CT molecular complexity index is 703. The maximum Gasteiger partial charge on any atom is 0.267 e. The lowest BCUT2D eigenvalue weighted by Gasteiger charge is -2.06. The van der Waals surface area contributed by atoms with Gasteiger partial charge in [-0.15, -0.1) is 11.3 Å². The van der Waals surface area contributed by atoms with Crippen molar-refractivity contribution in [3.05, 3.63) is 50.9 Å². The van der Waals surface area contributed by atoms with Crippen LogP contribution in [-0.4, -0.2) is 12.5 Å². The molecule has 0 bridgehead atoms. The fraction of sp³-hybridized carbons (Fsp3) is 0.0714. The third-order valence-corrected chi connectivity index (χ3v) is 3.52. The van der Waals surface area contributed by atoms with Gasteiger partial charge in [-0.3, -0.25) is 4.79 Å². The second kappa shape index (κ2) is 6.53. The molecule has 0 aliphatic heterocycles. The van der Waals surface area contributed by atoms with E-state index in [0.29, 0.717) is 15.5 Å². The van der Waals surface area contributed by atoms with Gasteiger partial charge < -0.3 is 11.1 Å². The van der Waals surface area contributed by atoms with Crippen molar-refractivity contribution in [3.8, 4) is 11.8 Å². The Morgan fingerprint density at radius 1 is 1.45 bits per heavy atom. The Balaban J connectivity index is 2.24. The predicted molar refractivity (Wildman–Crippen MR) is 79.6 cm³/mol. The average Bonchev–Trinajstić information content (AvgIpc) is 2.89. The molecular formula is C14H10ClFN2OS. The number of benzene rings is 1. The maximum atomic E-state index is 13.6. The second-order valence-electron chi connectivity index (χ2n) is 3.75. The molecule has 3 N–H and O–H groups in total. The van der Waals surface area contributed by atoms with Crippen LogP contribution in [0.2, 0.25) is 5.02 Å². The zero-order chi connectivity index (χ0) is 14.5. The van der Waals surface area contributed by atoms with Crippen LogP contribution in [0.1, 0.15) is 15.2 Å². The fourth-order valence-corrected chi connectivity index (χ4v) is 2.42. The van der Waals surface area contributed by atoms with Gasteiger partial charge >= 0.3 is 0 Å². The fourth-order valence-electron chi connectivity index (χ4n) is 1.50. The number of amides is 1. The molecule has 2 aromatic rings. The minimum atomic E-state index is -0.547. The number of halogens is 2. The van der Waals surface area contributed by atoms with Crippen LogP contribution >= 0.6 is 22.9 Å². The van der Waals surface area contributed by atoms with Gasteiger partial charge in [0.05, 0.1) is 12.2 Å². The highest BCUT2D eigenvalue weighted by molar-refractivity contribution is 7.12. The standard InChI is InChI=1S/C14H10ClFN2OS/c15-10-3-4-11(16)12(8-10)18-14(19)13-9(2-1-6-17)5-7-20-13/h3-5,7-8H,6,17H2,(H,18,19). The first-order valence-corrected chi connectivity index (χ1v) is 6.90. The summed E-state index contributed by atoms with van der Waals surface area (Å²) in [6, 6.07) is 5.68. The summed E-state index contributed by atoms with van der Waals surface area (Å²) in [7, 11) is 0. The Morgan fingerprint density at radius 3 is 3.00 bits per heavy atom. The van der Waals surface area contributed by atoms with Crippen LogP contribution in [0, 0.1) is 17.7 Å². The van der Waals surface area contributed by atoms with Crippen LogP contribution < -0.4 is 11.1 Å². The second-order valence-corrected chi connectivity index (χ2v) is 5.10. The van der Waals surface area contributed by atoms with Crippen molar-refractivity contribution in [2.45, 2.75) is 0 Å². The molecule has 0 saturated heterocycles. The summed E-state index contributed by atoms with van der Waals surface area (Å²) in [5.74, 6) is 4.50. The zero-order valence-corrected chi connectivity index (χ0v) is 11.8. The van der Waals surface area contributed by atoms with E-state index in [1.54, 1.807) is 11.4 Å². The lowest BCUT2D eigenvalue weighted by molar-refractivity contribution is 0.103. The van der Waals surface area contributed by atoms with Crippen molar-refractivity contribution >= 4 is 34.5 Å². The molecular weight excluding hydrogens is 299 g/mol. The Hall–Kier alpha value is -1.87. The third-order valence-electron chi connectivity index (χ3n) is 2.37. The number of thiophene rings is 1. The topological polar surface area (TPSA) is 55.1 Å². The summed E-state index contributed by atoms with van der Waals surface area (Å²) in [6.07, 6.45) is 0. The molecule has 20 heavy (non-hydrogen) atoms. The van der Waals surface area contributed by atoms with E-state index in [0.717, 1.165) is 0 Å². The Kier molecular flexibility index (Phi) is 4.74. The van der Waals surface area contributed by atoms with Gasteiger partial charge in [0.1, 0.15) is 10.7 Å². The number of nitrogens with one attached hydrogen (secondary N) is 1. The van der Waals surface area contributed by atoms with Crippen molar-refractivity contribution in [3.63, 3.8) is 0 Å². The Labute approximate surface area is 124 Å². The number of carbonyl (C=O) groups excluding carboxylic acids is 1. The van der Waals surface area contributed by atoms with Crippen LogP contribution in [0.3, 0.4) is 0 Å². The van der Waals surface area contributed by atoms with Crippen LogP contribution in [0.25, 0.3) is 0 Å². The molecule has 1 amide bonds. The van der Waals surface area contributed by atoms with E-state index in [1.165, 1.54) is 29.5 Å². The minimum absolute atomic E-state index is 0.0358. The van der Waals surface area contributed by atoms with Crippen molar-refractivity contribution in [2.24, 2.45) is 5.73 Å². The largest absolute Gasteiger partial charge is 0.320 e. The molecule has 0 aliphatic carbocycles. The highest BCUT2D eigenvalue weighted by Crippen LogP contribution is 2.22. The molecule has 6 heteroatoms. The first-order valence-electron chi connectivity index (χ1n) is 5.64. The molecule has 0 atom stereocenters. The molecule has 0 spiro atoms. The summed E-state index contributed by atoms with van der Waals surface area (Å²) in [6.45, 7) is 0.208. The van der Waals surface area contributed by atoms with Crippen molar-refractivity contribution in [1.82, 2.24) is 0 Å². The van der Waals surface area contributed by atoms with Gasteiger partial charge in [0.15, 0.2) is 0 Å². The van der Waals surface area contributed by atoms with Crippen molar-refractivity contribution in [1.29, 1.82) is 0 Å². The van der Waals surface area contributed by atoms with Gasteiger partial charge in [0.2, 0.25) is 0 Å². The maximum absolute atomic E-state index is 13.6. The quantitative estimate of drug-likeness (QED) is 0.838. The van der Waals surface area contributed by atoms with Gasteiger partial charge in [-0.05, 0) is 29.6 Å². The molecule has 0 unspecified atom stereocenters. The monoisotopic (exact) mass is 308 g/mol. The lowest BCUT2D eigenvalue weighted by Crippen LogP contribution is -2.12. The first kappa shape index (κ1) is 14.5. The van der Waals surface area contributed by atoms with E-state index in [9.17, 15) is 9.18 Å². The van der Waals surface area contributed by atoms with Gasteiger partial charge in [0.25, 0.3) is 5.91 Å². The molecule has 3 nitrogen and oxygen atoms in total. The number of rotatable bonds is 2. The number of hydrogen-bond acceptors (Lipinski definition) is 3. The summed E-state index contributed by atoms with van der Waals surface area (Å²) in [5.41, 5.74) is 5.90.